The third kappa shape index (κ3) is 3.69. The van der Waals surface area contributed by atoms with Gasteiger partial charge in [0.15, 0.2) is 0 Å². The van der Waals surface area contributed by atoms with Gasteiger partial charge in [-0.2, -0.15) is 0 Å². The minimum Gasteiger partial charge on any atom is -0.378 e. The summed E-state index contributed by atoms with van der Waals surface area (Å²) < 4.78 is 5.62. The first-order valence-electron chi connectivity index (χ1n) is 7.45. The molecule has 104 valence electrons. The summed E-state index contributed by atoms with van der Waals surface area (Å²) in [6.45, 7) is 5.53. The Hall–Kier alpha value is -0.610. The maximum Gasteiger partial charge on any atom is 0.239 e. The number of carbonyl (C=O) groups excluding carboxylic acids is 1. The molecule has 0 aromatic rings. The first-order chi connectivity index (χ1) is 8.81. The molecule has 0 spiro atoms. The minimum atomic E-state index is 0.0659. The fourth-order valence-corrected chi connectivity index (χ4v) is 2.94. The second-order valence-electron chi connectivity index (χ2n) is 5.34. The molecule has 2 heterocycles. The highest BCUT2D eigenvalue weighted by molar-refractivity contribution is 5.82. The van der Waals surface area contributed by atoms with Crippen LogP contribution in [0.5, 0.6) is 0 Å². The average molecular weight is 254 g/mol. The molecular formula is C14H26N2O2. The molecule has 1 atom stereocenters. The molecule has 0 bridgehead atoms. The highest BCUT2D eigenvalue weighted by Crippen LogP contribution is 2.17. The average Bonchev–Trinajstić information content (AvgIpc) is 2.68. The van der Waals surface area contributed by atoms with E-state index in [1.807, 2.05) is 11.8 Å². The van der Waals surface area contributed by atoms with Crippen molar-refractivity contribution in [3.05, 3.63) is 0 Å². The number of ether oxygens (including phenoxy) is 1. The van der Waals surface area contributed by atoms with E-state index in [1.54, 1.807) is 0 Å². The summed E-state index contributed by atoms with van der Waals surface area (Å²) in [5.74, 6) is 0.312. The molecule has 1 amide bonds. The van der Waals surface area contributed by atoms with Crippen LogP contribution in [-0.2, 0) is 9.53 Å². The van der Waals surface area contributed by atoms with Crippen LogP contribution in [0.4, 0.5) is 0 Å². The number of piperidine rings is 1. The van der Waals surface area contributed by atoms with Crippen molar-refractivity contribution in [2.24, 2.45) is 0 Å². The lowest BCUT2D eigenvalue weighted by molar-refractivity contribution is -0.136. The van der Waals surface area contributed by atoms with Crippen LogP contribution in [0.2, 0.25) is 0 Å². The van der Waals surface area contributed by atoms with Crippen LogP contribution >= 0.6 is 0 Å². The van der Waals surface area contributed by atoms with Gasteiger partial charge in [0.2, 0.25) is 5.91 Å². The molecule has 2 aliphatic heterocycles. The number of hydrogen-bond acceptors (Lipinski definition) is 3. The lowest BCUT2D eigenvalue weighted by Crippen LogP contribution is -2.49. The molecule has 0 aromatic heterocycles. The van der Waals surface area contributed by atoms with Crippen molar-refractivity contribution in [3.8, 4) is 0 Å². The molecule has 2 aliphatic rings. The number of nitrogens with one attached hydrogen (secondary N) is 1. The number of hydrogen-bond donors (Lipinski definition) is 1. The molecule has 0 aromatic carbocycles. The number of nitrogens with zero attached hydrogens (tertiary/aromatic N) is 1. The van der Waals surface area contributed by atoms with Crippen molar-refractivity contribution in [3.63, 3.8) is 0 Å². The Bertz CT molecular complexity index is 255. The van der Waals surface area contributed by atoms with Gasteiger partial charge in [0.25, 0.3) is 0 Å². The predicted molar refractivity (Wildman–Crippen MR) is 71.5 cm³/mol. The quantitative estimate of drug-likeness (QED) is 0.831. The van der Waals surface area contributed by atoms with E-state index in [0.717, 1.165) is 45.5 Å². The molecule has 1 N–H and O–H groups in total. The molecule has 0 aliphatic carbocycles. The molecule has 0 radical (unpaired) electrons. The van der Waals surface area contributed by atoms with Gasteiger partial charge in [0.1, 0.15) is 0 Å². The van der Waals surface area contributed by atoms with Gasteiger partial charge < -0.3 is 15.0 Å². The Morgan fingerprint density at radius 3 is 2.72 bits per heavy atom. The summed E-state index contributed by atoms with van der Waals surface area (Å²) in [6.07, 6.45) is 6.99. The number of carbonyl (C=O) groups is 1. The van der Waals surface area contributed by atoms with Crippen LogP contribution in [0, 0.1) is 0 Å². The molecule has 2 rings (SSSR count). The lowest BCUT2D eigenvalue weighted by Gasteiger charge is -2.34. The van der Waals surface area contributed by atoms with E-state index in [2.05, 4.69) is 5.32 Å². The fourth-order valence-electron chi connectivity index (χ4n) is 2.94. The first-order valence-corrected chi connectivity index (χ1v) is 7.45. The molecular weight excluding hydrogens is 228 g/mol. The summed E-state index contributed by atoms with van der Waals surface area (Å²) >= 11 is 0. The van der Waals surface area contributed by atoms with Gasteiger partial charge in [-0.3, -0.25) is 4.79 Å². The Morgan fingerprint density at radius 2 is 2.00 bits per heavy atom. The van der Waals surface area contributed by atoms with Gasteiger partial charge in [-0.15, -0.1) is 0 Å². The normalized spacial score (nSPS) is 26.9. The molecule has 4 nitrogen and oxygen atoms in total. The van der Waals surface area contributed by atoms with Crippen molar-refractivity contribution < 1.29 is 9.53 Å². The van der Waals surface area contributed by atoms with Crippen LogP contribution in [0.15, 0.2) is 0 Å². The van der Waals surface area contributed by atoms with Crippen molar-refractivity contribution in [2.75, 3.05) is 26.2 Å². The smallest absolute Gasteiger partial charge is 0.239 e. The van der Waals surface area contributed by atoms with E-state index >= 15 is 0 Å². The topological polar surface area (TPSA) is 41.6 Å². The van der Waals surface area contributed by atoms with Crippen LogP contribution in [0.1, 0.15) is 45.4 Å². The van der Waals surface area contributed by atoms with Gasteiger partial charge >= 0.3 is 0 Å². The van der Waals surface area contributed by atoms with E-state index in [-0.39, 0.29) is 6.04 Å². The fraction of sp³-hybridized carbons (Fsp3) is 0.929. The van der Waals surface area contributed by atoms with Crippen molar-refractivity contribution in [1.29, 1.82) is 0 Å². The molecule has 1 unspecified atom stereocenters. The van der Waals surface area contributed by atoms with Gasteiger partial charge in [0.05, 0.1) is 12.1 Å². The number of likely N-dealkylation sites (tertiary alicyclic amines) is 1. The number of amides is 1. The van der Waals surface area contributed by atoms with E-state index in [1.165, 1.54) is 19.3 Å². The maximum absolute atomic E-state index is 12.4. The zero-order valence-corrected chi connectivity index (χ0v) is 11.5. The van der Waals surface area contributed by atoms with E-state index in [9.17, 15) is 4.79 Å². The van der Waals surface area contributed by atoms with Gasteiger partial charge in [-0.05, 0) is 39.2 Å². The Kier molecular flexibility index (Phi) is 5.45. The first kappa shape index (κ1) is 13.8. The molecule has 0 saturated carbocycles. The van der Waals surface area contributed by atoms with Crippen LogP contribution in [0.3, 0.4) is 0 Å². The Labute approximate surface area is 110 Å². The third-order valence-electron chi connectivity index (χ3n) is 4.01. The van der Waals surface area contributed by atoms with Crippen molar-refractivity contribution >= 4 is 5.91 Å². The van der Waals surface area contributed by atoms with Crippen molar-refractivity contribution in [1.82, 2.24) is 10.2 Å². The Balaban J connectivity index is 1.79. The molecule has 2 saturated heterocycles. The highest BCUT2D eigenvalue weighted by atomic mass is 16.5. The van der Waals surface area contributed by atoms with Gasteiger partial charge in [-0.1, -0.05) is 12.8 Å². The van der Waals surface area contributed by atoms with Crippen LogP contribution < -0.4 is 5.32 Å². The third-order valence-corrected chi connectivity index (χ3v) is 4.01. The number of rotatable bonds is 3. The SMILES string of the molecule is CCOC1CCN(C(=O)C2CCCCCN2)CC1. The summed E-state index contributed by atoms with van der Waals surface area (Å²) in [5.41, 5.74) is 0. The second kappa shape index (κ2) is 7.10. The second-order valence-corrected chi connectivity index (χ2v) is 5.34. The van der Waals surface area contributed by atoms with Gasteiger partial charge in [-0.25, -0.2) is 0 Å². The van der Waals surface area contributed by atoms with Gasteiger partial charge in [0, 0.05) is 19.7 Å². The molecule has 18 heavy (non-hydrogen) atoms. The standard InChI is InChI=1S/C14H26N2O2/c1-2-18-12-7-10-16(11-8-12)14(17)13-6-4-3-5-9-15-13/h12-13,15H,2-11H2,1H3. The van der Waals surface area contributed by atoms with E-state index in [0.29, 0.717) is 12.0 Å². The molecule has 2 fully saturated rings. The van der Waals surface area contributed by atoms with Crippen LogP contribution in [-0.4, -0.2) is 49.2 Å². The largest absolute Gasteiger partial charge is 0.378 e. The monoisotopic (exact) mass is 254 g/mol. The Morgan fingerprint density at radius 1 is 1.22 bits per heavy atom. The highest BCUT2D eigenvalue weighted by Gasteiger charge is 2.28. The van der Waals surface area contributed by atoms with Crippen LogP contribution in [0.25, 0.3) is 0 Å². The minimum absolute atomic E-state index is 0.0659. The predicted octanol–water partition coefficient (Wildman–Crippen LogP) is 1.55. The maximum atomic E-state index is 12.4. The van der Waals surface area contributed by atoms with E-state index in [4.69, 9.17) is 4.74 Å². The summed E-state index contributed by atoms with van der Waals surface area (Å²) in [4.78, 5) is 14.4. The van der Waals surface area contributed by atoms with E-state index < -0.39 is 0 Å². The summed E-state index contributed by atoms with van der Waals surface area (Å²) in [5, 5.41) is 3.39. The zero-order valence-electron chi connectivity index (χ0n) is 11.5. The zero-order chi connectivity index (χ0) is 12.8. The molecule has 4 heteroatoms. The summed E-state index contributed by atoms with van der Waals surface area (Å²) in [6, 6.07) is 0.0659. The summed E-state index contributed by atoms with van der Waals surface area (Å²) in [7, 11) is 0. The van der Waals surface area contributed by atoms with Crippen molar-refractivity contribution in [2.45, 2.75) is 57.6 Å². The lowest BCUT2D eigenvalue weighted by atomic mass is 10.0.